The first kappa shape index (κ1) is 17.7. The molecular formula is C20H21N5OS. The van der Waals surface area contributed by atoms with Crippen LogP contribution in [0.15, 0.2) is 53.7 Å². The van der Waals surface area contributed by atoms with Crippen LogP contribution in [0.1, 0.15) is 25.0 Å². The molecule has 0 aliphatic carbocycles. The summed E-state index contributed by atoms with van der Waals surface area (Å²) in [6.07, 6.45) is 1.88. The molecule has 7 heteroatoms. The van der Waals surface area contributed by atoms with Gasteiger partial charge < -0.3 is 4.90 Å². The summed E-state index contributed by atoms with van der Waals surface area (Å²) in [7, 11) is 0. The lowest BCUT2D eigenvalue weighted by molar-refractivity contribution is -0.116. The molecule has 4 rings (SSSR count). The maximum absolute atomic E-state index is 12.9. The van der Waals surface area contributed by atoms with Gasteiger partial charge in [0, 0.05) is 11.7 Å². The number of benzene rings is 2. The van der Waals surface area contributed by atoms with Gasteiger partial charge in [0.1, 0.15) is 0 Å². The number of amides is 1. The molecule has 1 amide bonds. The molecular weight excluding hydrogens is 358 g/mol. The van der Waals surface area contributed by atoms with Gasteiger partial charge in [0.25, 0.3) is 0 Å². The molecule has 3 aromatic rings. The van der Waals surface area contributed by atoms with E-state index in [4.69, 9.17) is 0 Å². The summed E-state index contributed by atoms with van der Waals surface area (Å²) in [4.78, 5) is 14.8. The van der Waals surface area contributed by atoms with Gasteiger partial charge in [-0.25, -0.2) is 0 Å². The largest absolute Gasteiger partial charge is 0.308 e. The fourth-order valence-corrected chi connectivity index (χ4v) is 4.20. The maximum Gasteiger partial charge on any atom is 0.237 e. The molecule has 0 fully saturated rings. The highest BCUT2D eigenvalue weighted by molar-refractivity contribution is 7.99. The number of thioether (sulfide) groups is 1. The minimum atomic E-state index is 0.0772. The van der Waals surface area contributed by atoms with Crippen LogP contribution in [0, 0.1) is 0 Å². The van der Waals surface area contributed by atoms with Crippen molar-refractivity contribution in [1.29, 1.82) is 0 Å². The van der Waals surface area contributed by atoms with Crippen LogP contribution in [0.25, 0.3) is 5.69 Å². The quantitative estimate of drug-likeness (QED) is 0.637. The van der Waals surface area contributed by atoms with Crippen LogP contribution in [-0.2, 0) is 17.6 Å². The van der Waals surface area contributed by atoms with E-state index in [1.807, 2.05) is 35.2 Å². The third-order valence-electron chi connectivity index (χ3n) is 4.83. The van der Waals surface area contributed by atoms with Gasteiger partial charge in [0.2, 0.25) is 11.1 Å². The molecule has 27 heavy (non-hydrogen) atoms. The molecule has 138 valence electrons. The highest BCUT2D eigenvalue weighted by Gasteiger charge is 2.30. The van der Waals surface area contributed by atoms with E-state index in [-0.39, 0.29) is 11.9 Å². The lowest BCUT2D eigenvalue weighted by Gasteiger charge is -2.22. The zero-order valence-electron chi connectivity index (χ0n) is 15.4. The number of carbonyl (C=O) groups is 1. The topological polar surface area (TPSA) is 63.9 Å². The van der Waals surface area contributed by atoms with Crippen LogP contribution in [-0.4, -0.2) is 37.9 Å². The SMILES string of the molecule is CCc1ccc(-n2nnnc2SCC(=O)N2c3ccccc3CC2C)cc1. The first-order valence-corrected chi connectivity index (χ1v) is 10.1. The zero-order valence-corrected chi connectivity index (χ0v) is 16.2. The Labute approximate surface area is 162 Å². The Morgan fingerprint density at radius 1 is 1.19 bits per heavy atom. The third kappa shape index (κ3) is 3.47. The Kier molecular flexibility index (Phi) is 4.94. The first-order valence-electron chi connectivity index (χ1n) is 9.08. The van der Waals surface area contributed by atoms with Gasteiger partial charge in [-0.2, -0.15) is 4.68 Å². The van der Waals surface area contributed by atoms with Crippen molar-refractivity contribution in [3.63, 3.8) is 0 Å². The fourth-order valence-electron chi connectivity index (χ4n) is 3.45. The molecule has 0 bridgehead atoms. The molecule has 0 N–H and O–H groups in total. The van der Waals surface area contributed by atoms with Crippen molar-refractivity contribution in [2.75, 3.05) is 10.7 Å². The summed E-state index contributed by atoms with van der Waals surface area (Å²) in [6.45, 7) is 4.21. The number of carbonyl (C=O) groups excluding carboxylic acids is 1. The predicted molar refractivity (Wildman–Crippen MR) is 106 cm³/mol. The van der Waals surface area contributed by atoms with Crippen molar-refractivity contribution in [1.82, 2.24) is 20.2 Å². The molecule has 0 saturated heterocycles. The number of hydrogen-bond donors (Lipinski definition) is 0. The van der Waals surface area contributed by atoms with E-state index in [1.54, 1.807) is 4.68 Å². The van der Waals surface area contributed by atoms with Crippen molar-refractivity contribution in [3.05, 3.63) is 59.7 Å². The fraction of sp³-hybridized carbons (Fsp3) is 0.300. The van der Waals surface area contributed by atoms with E-state index in [1.165, 1.54) is 22.9 Å². The molecule has 1 aromatic heterocycles. The minimum absolute atomic E-state index is 0.0772. The summed E-state index contributed by atoms with van der Waals surface area (Å²) >= 11 is 1.37. The second-order valence-electron chi connectivity index (χ2n) is 6.63. The van der Waals surface area contributed by atoms with Gasteiger partial charge in [-0.15, -0.1) is 5.10 Å². The van der Waals surface area contributed by atoms with Crippen LogP contribution < -0.4 is 4.90 Å². The van der Waals surface area contributed by atoms with Crippen LogP contribution in [0.2, 0.25) is 0 Å². The molecule has 1 aliphatic heterocycles. The number of hydrogen-bond acceptors (Lipinski definition) is 5. The average molecular weight is 379 g/mol. The molecule has 6 nitrogen and oxygen atoms in total. The lowest BCUT2D eigenvalue weighted by Crippen LogP contribution is -2.37. The number of aromatic nitrogens is 4. The van der Waals surface area contributed by atoms with E-state index >= 15 is 0 Å². The molecule has 2 aromatic carbocycles. The Balaban J connectivity index is 1.48. The molecule has 1 aliphatic rings. The maximum atomic E-state index is 12.9. The zero-order chi connectivity index (χ0) is 18.8. The second kappa shape index (κ2) is 7.52. The first-order chi connectivity index (χ1) is 13.2. The van der Waals surface area contributed by atoms with E-state index in [2.05, 4.69) is 47.6 Å². The van der Waals surface area contributed by atoms with Crippen molar-refractivity contribution >= 4 is 23.4 Å². The standard InChI is InChI=1S/C20H21N5OS/c1-3-15-8-10-17(11-9-15)25-20(21-22-23-25)27-13-19(26)24-14(2)12-16-6-4-5-7-18(16)24/h4-11,14H,3,12-13H2,1-2H3. The van der Waals surface area contributed by atoms with Crippen molar-refractivity contribution in [2.24, 2.45) is 0 Å². The molecule has 2 heterocycles. The highest BCUT2D eigenvalue weighted by atomic mass is 32.2. The van der Waals surface area contributed by atoms with Crippen LogP contribution in [0.3, 0.4) is 0 Å². The Bertz CT molecular complexity index is 953. The van der Waals surface area contributed by atoms with Gasteiger partial charge in [-0.1, -0.05) is 49.0 Å². The highest BCUT2D eigenvalue weighted by Crippen LogP contribution is 2.32. The number of tetrazole rings is 1. The predicted octanol–water partition coefficient (Wildman–Crippen LogP) is 3.29. The van der Waals surface area contributed by atoms with Crippen LogP contribution >= 0.6 is 11.8 Å². The molecule has 0 radical (unpaired) electrons. The number of para-hydroxylation sites is 1. The molecule has 1 atom stereocenters. The van der Waals surface area contributed by atoms with E-state index in [0.29, 0.717) is 10.9 Å². The molecule has 1 unspecified atom stereocenters. The van der Waals surface area contributed by atoms with Crippen molar-refractivity contribution < 1.29 is 4.79 Å². The summed E-state index contributed by atoms with van der Waals surface area (Å²) in [5.74, 6) is 0.375. The van der Waals surface area contributed by atoms with Crippen LogP contribution in [0.4, 0.5) is 5.69 Å². The van der Waals surface area contributed by atoms with Gasteiger partial charge in [0.15, 0.2) is 0 Å². The summed E-state index contributed by atoms with van der Waals surface area (Å²) in [6, 6.07) is 16.4. The molecule has 0 saturated carbocycles. The number of fused-ring (bicyclic) bond motifs is 1. The van der Waals surface area contributed by atoms with E-state index in [0.717, 1.165) is 24.2 Å². The van der Waals surface area contributed by atoms with Gasteiger partial charge in [-0.3, -0.25) is 4.79 Å². The monoisotopic (exact) mass is 379 g/mol. The summed E-state index contributed by atoms with van der Waals surface area (Å²) < 4.78 is 1.68. The number of aryl methyl sites for hydroxylation is 1. The smallest absolute Gasteiger partial charge is 0.237 e. The summed E-state index contributed by atoms with van der Waals surface area (Å²) in [5.41, 5.74) is 4.40. The number of nitrogens with zero attached hydrogens (tertiary/aromatic N) is 5. The Hall–Kier alpha value is -2.67. The van der Waals surface area contributed by atoms with E-state index in [9.17, 15) is 4.79 Å². The number of rotatable bonds is 5. The van der Waals surface area contributed by atoms with Gasteiger partial charge in [0.05, 0.1) is 11.4 Å². The van der Waals surface area contributed by atoms with Crippen LogP contribution in [0.5, 0.6) is 0 Å². The normalized spacial score (nSPS) is 15.8. The Morgan fingerprint density at radius 2 is 1.96 bits per heavy atom. The van der Waals surface area contributed by atoms with Gasteiger partial charge in [-0.05, 0) is 59.5 Å². The third-order valence-corrected chi connectivity index (χ3v) is 5.73. The van der Waals surface area contributed by atoms with Crippen molar-refractivity contribution in [2.45, 2.75) is 37.9 Å². The summed E-state index contributed by atoms with van der Waals surface area (Å²) in [5, 5.41) is 12.6. The average Bonchev–Trinajstić information content (AvgIpc) is 3.29. The Morgan fingerprint density at radius 3 is 2.74 bits per heavy atom. The van der Waals surface area contributed by atoms with E-state index < -0.39 is 0 Å². The molecule has 0 spiro atoms. The second-order valence-corrected chi connectivity index (χ2v) is 7.57. The number of anilines is 1. The lowest BCUT2D eigenvalue weighted by atomic mass is 10.1. The van der Waals surface area contributed by atoms with Crippen molar-refractivity contribution in [3.8, 4) is 5.69 Å². The van der Waals surface area contributed by atoms with Gasteiger partial charge >= 0.3 is 0 Å². The minimum Gasteiger partial charge on any atom is -0.308 e.